The van der Waals surface area contributed by atoms with Crippen molar-refractivity contribution in [1.82, 2.24) is 10.2 Å². The summed E-state index contributed by atoms with van der Waals surface area (Å²) < 4.78 is 5.49. The quantitative estimate of drug-likeness (QED) is 0.850. The third-order valence-corrected chi connectivity index (χ3v) is 5.37. The molecule has 2 saturated heterocycles. The van der Waals surface area contributed by atoms with E-state index in [9.17, 15) is 9.59 Å². The van der Waals surface area contributed by atoms with Crippen LogP contribution in [0.1, 0.15) is 51.5 Å². The van der Waals surface area contributed by atoms with Crippen LogP contribution in [0.5, 0.6) is 0 Å². The highest BCUT2D eigenvalue weighted by Gasteiger charge is 2.47. The number of rotatable bonds is 1. The fourth-order valence-corrected chi connectivity index (χ4v) is 4.08. The first-order valence-corrected chi connectivity index (χ1v) is 9.09. The Labute approximate surface area is 149 Å². The van der Waals surface area contributed by atoms with Gasteiger partial charge in [-0.2, -0.15) is 0 Å². The number of nitrogens with zero attached hydrogens (tertiary/aromatic N) is 1. The first-order valence-electron chi connectivity index (χ1n) is 9.09. The highest BCUT2D eigenvalue weighted by Crippen LogP contribution is 2.48. The minimum absolute atomic E-state index is 0.0673. The molecule has 136 valence electrons. The molecule has 2 fully saturated rings. The summed E-state index contributed by atoms with van der Waals surface area (Å²) in [5, 5.41) is 3.02. The maximum absolute atomic E-state index is 12.3. The molecular formula is C20H28N2O3. The van der Waals surface area contributed by atoms with Crippen LogP contribution in [-0.2, 0) is 9.53 Å². The van der Waals surface area contributed by atoms with Gasteiger partial charge in [0.05, 0.1) is 0 Å². The molecule has 1 spiro atoms. The molecule has 2 aliphatic rings. The lowest BCUT2D eigenvalue weighted by atomic mass is 9.62. The summed E-state index contributed by atoms with van der Waals surface area (Å²) in [6.45, 7) is 7.61. The molecular weight excluding hydrogens is 316 g/mol. The molecule has 1 atom stereocenters. The Morgan fingerprint density at radius 2 is 1.84 bits per heavy atom. The Bertz CT molecular complexity index is 628. The average Bonchev–Trinajstić information content (AvgIpc) is 2.55. The van der Waals surface area contributed by atoms with Crippen molar-refractivity contribution in [1.29, 1.82) is 0 Å². The predicted molar refractivity (Wildman–Crippen MR) is 96.3 cm³/mol. The fourth-order valence-electron chi connectivity index (χ4n) is 4.08. The van der Waals surface area contributed by atoms with Crippen LogP contribution in [0, 0.1) is 5.41 Å². The van der Waals surface area contributed by atoms with Gasteiger partial charge in [-0.15, -0.1) is 0 Å². The van der Waals surface area contributed by atoms with Crippen molar-refractivity contribution in [3.05, 3.63) is 35.9 Å². The molecule has 25 heavy (non-hydrogen) atoms. The van der Waals surface area contributed by atoms with Gasteiger partial charge in [0.1, 0.15) is 5.60 Å². The van der Waals surface area contributed by atoms with Crippen molar-refractivity contribution in [2.24, 2.45) is 5.41 Å². The number of nitrogens with one attached hydrogen (secondary N) is 1. The van der Waals surface area contributed by atoms with E-state index in [1.807, 2.05) is 26.8 Å². The third kappa shape index (κ3) is 3.97. The number of ether oxygens (including phenoxy) is 1. The first kappa shape index (κ1) is 17.8. The molecule has 1 N–H and O–H groups in total. The zero-order valence-electron chi connectivity index (χ0n) is 15.4. The lowest BCUT2D eigenvalue weighted by Crippen LogP contribution is -2.53. The van der Waals surface area contributed by atoms with Crippen LogP contribution in [-0.4, -0.2) is 42.1 Å². The van der Waals surface area contributed by atoms with E-state index in [1.54, 1.807) is 4.90 Å². The van der Waals surface area contributed by atoms with Gasteiger partial charge in [-0.05, 0) is 44.6 Å². The Morgan fingerprint density at radius 1 is 1.20 bits per heavy atom. The van der Waals surface area contributed by atoms with Crippen molar-refractivity contribution >= 4 is 12.0 Å². The van der Waals surface area contributed by atoms with Crippen LogP contribution in [0.2, 0.25) is 0 Å². The van der Waals surface area contributed by atoms with E-state index < -0.39 is 5.60 Å². The number of benzene rings is 1. The Hall–Kier alpha value is -2.04. The maximum Gasteiger partial charge on any atom is 0.410 e. The Kier molecular flexibility index (Phi) is 4.76. The summed E-state index contributed by atoms with van der Waals surface area (Å²) >= 11 is 0. The van der Waals surface area contributed by atoms with Gasteiger partial charge in [-0.1, -0.05) is 30.3 Å². The topological polar surface area (TPSA) is 58.6 Å². The molecule has 0 unspecified atom stereocenters. The van der Waals surface area contributed by atoms with Crippen LogP contribution in [0.25, 0.3) is 0 Å². The van der Waals surface area contributed by atoms with E-state index in [4.69, 9.17) is 4.74 Å². The summed E-state index contributed by atoms with van der Waals surface area (Å²) in [5.41, 5.74) is 0.722. The number of hydrogen-bond acceptors (Lipinski definition) is 3. The number of likely N-dealkylation sites (tertiary alicyclic amines) is 1. The molecule has 0 aliphatic carbocycles. The van der Waals surface area contributed by atoms with Crippen LogP contribution in [0.15, 0.2) is 30.3 Å². The predicted octanol–water partition coefficient (Wildman–Crippen LogP) is 3.31. The van der Waals surface area contributed by atoms with Crippen molar-refractivity contribution in [2.45, 2.75) is 51.6 Å². The zero-order valence-corrected chi connectivity index (χ0v) is 15.4. The molecule has 2 amide bonds. The second-order valence-corrected chi connectivity index (χ2v) is 8.27. The minimum atomic E-state index is -0.483. The SMILES string of the molecule is CC(C)(C)OC(=O)N1CCC2(CC1)CC(=O)NC[C@@H]2c1ccccc1. The van der Waals surface area contributed by atoms with Crippen molar-refractivity contribution < 1.29 is 14.3 Å². The van der Waals surface area contributed by atoms with Gasteiger partial charge in [0, 0.05) is 32.0 Å². The molecule has 0 bridgehead atoms. The molecule has 1 aromatic rings. The lowest BCUT2D eigenvalue weighted by Gasteiger charge is -2.49. The van der Waals surface area contributed by atoms with Gasteiger partial charge in [0.2, 0.25) is 5.91 Å². The number of piperidine rings is 2. The van der Waals surface area contributed by atoms with Crippen molar-refractivity contribution in [2.75, 3.05) is 19.6 Å². The fraction of sp³-hybridized carbons (Fsp3) is 0.600. The largest absolute Gasteiger partial charge is 0.444 e. The second kappa shape index (κ2) is 6.70. The maximum atomic E-state index is 12.3. The summed E-state index contributed by atoms with van der Waals surface area (Å²) in [5.74, 6) is 0.421. The number of amides is 2. The van der Waals surface area contributed by atoms with E-state index >= 15 is 0 Å². The molecule has 1 aromatic carbocycles. The van der Waals surface area contributed by atoms with E-state index in [0.717, 1.165) is 12.8 Å². The Balaban J connectivity index is 1.74. The van der Waals surface area contributed by atoms with Gasteiger partial charge >= 0.3 is 6.09 Å². The molecule has 0 aromatic heterocycles. The smallest absolute Gasteiger partial charge is 0.410 e. The highest BCUT2D eigenvalue weighted by molar-refractivity contribution is 5.78. The van der Waals surface area contributed by atoms with E-state index in [1.165, 1.54) is 5.56 Å². The standard InChI is InChI=1S/C20H28N2O3/c1-19(2,3)25-18(24)22-11-9-20(10-12-22)13-17(23)21-14-16(20)15-7-5-4-6-8-15/h4-8,16H,9-14H2,1-3H3,(H,21,23)/t16-/m1/s1. The lowest BCUT2D eigenvalue weighted by molar-refractivity contribution is -0.128. The highest BCUT2D eigenvalue weighted by atomic mass is 16.6. The summed E-state index contributed by atoms with van der Waals surface area (Å²) in [6, 6.07) is 10.4. The molecule has 0 saturated carbocycles. The summed E-state index contributed by atoms with van der Waals surface area (Å²) in [7, 11) is 0. The van der Waals surface area contributed by atoms with Crippen LogP contribution in [0.4, 0.5) is 4.79 Å². The van der Waals surface area contributed by atoms with E-state index in [0.29, 0.717) is 32.0 Å². The zero-order chi connectivity index (χ0) is 18.1. The summed E-state index contributed by atoms with van der Waals surface area (Å²) in [6.07, 6.45) is 1.95. The van der Waals surface area contributed by atoms with Gasteiger partial charge < -0.3 is 15.0 Å². The summed E-state index contributed by atoms with van der Waals surface area (Å²) in [4.78, 5) is 26.2. The van der Waals surface area contributed by atoms with Crippen LogP contribution < -0.4 is 5.32 Å². The van der Waals surface area contributed by atoms with Gasteiger partial charge in [-0.25, -0.2) is 4.79 Å². The molecule has 2 aliphatic heterocycles. The number of carbonyl (C=O) groups excluding carboxylic acids is 2. The molecule has 3 rings (SSSR count). The van der Waals surface area contributed by atoms with Gasteiger partial charge in [-0.3, -0.25) is 4.79 Å². The number of carbonyl (C=O) groups is 2. The van der Waals surface area contributed by atoms with Gasteiger partial charge in [0.25, 0.3) is 0 Å². The molecule has 0 radical (unpaired) electrons. The monoisotopic (exact) mass is 344 g/mol. The Morgan fingerprint density at radius 3 is 2.44 bits per heavy atom. The van der Waals surface area contributed by atoms with Crippen molar-refractivity contribution in [3.8, 4) is 0 Å². The normalized spacial score (nSPS) is 23.2. The molecule has 5 nitrogen and oxygen atoms in total. The van der Waals surface area contributed by atoms with Gasteiger partial charge in [0.15, 0.2) is 0 Å². The second-order valence-electron chi connectivity index (χ2n) is 8.27. The van der Waals surface area contributed by atoms with Crippen LogP contribution in [0.3, 0.4) is 0 Å². The van der Waals surface area contributed by atoms with Crippen molar-refractivity contribution in [3.63, 3.8) is 0 Å². The van der Waals surface area contributed by atoms with Crippen LogP contribution >= 0.6 is 0 Å². The third-order valence-electron chi connectivity index (χ3n) is 5.37. The van der Waals surface area contributed by atoms with E-state index in [-0.39, 0.29) is 17.4 Å². The number of hydrogen-bond donors (Lipinski definition) is 1. The first-order chi connectivity index (χ1) is 11.8. The molecule has 5 heteroatoms. The minimum Gasteiger partial charge on any atom is -0.444 e. The average molecular weight is 344 g/mol. The van der Waals surface area contributed by atoms with E-state index in [2.05, 4.69) is 29.6 Å². The molecule has 2 heterocycles.